The zero-order chi connectivity index (χ0) is 17.8. The molecule has 1 amide bonds. The number of hydrogen-bond donors (Lipinski definition) is 1. The van der Waals surface area contributed by atoms with Gasteiger partial charge in [0.2, 0.25) is 0 Å². The van der Waals surface area contributed by atoms with Crippen LogP contribution >= 0.6 is 0 Å². The van der Waals surface area contributed by atoms with Crippen molar-refractivity contribution in [1.82, 2.24) is 9.55 Å². The summed E-state index contributed by atoms with van der Waals surface area (Å²) in [5.41, 5.74) is 0.245. The molecule has 0 bridgehead atoms. The second-order valence-electron chi connectivity index (χ2n) is 5.35. The fourth-order valence-electron chi connectivity index (χ4n) is 2.19. The monoisotopic (exact) mass is 343 g/mol. The van der Waals surface area contributed by atoms with Crippen molar-refractivity contribution < 1.29 is 18.3 Å². The zero-order valence-corrected chi connectivity index (χ0v) is 13.4. The largest absolute Gasteiger partial charge is 0.486 e. The van der Waals surface area contributed by atoms with E-state index in [2.05, 4.69) is 10.3 Å². The van der Waals surface area contributed by atoms with Gasteiger partial charge in [-0.25, -0.2) is 13.8 Å². The second kappa shape index (κ2) is 7.12. The number of amides is 1. The zero-order valence-electron chi connectivity index (χ0n) is 13.4. The first-order valence-electron chi connectivity index (χ1n) is 7.48. The minimum atomic E-state index is -0.910. The standard InChI is InChI=1S/C18H15F2N3O2/c1-23-9-8-21-17(23)11-25-14-5-3-13(4-6-14)22-18(24)15-7-2-12(19)10-16(15)20/h2-10H,11H2,1H3,(H,22,24). The fraction of sp³-hybridized carbons (Fsp3) is 0.111. The van der Waals surface area contributed by atoms with Crippen LogP contribution in [0.5, 0.6) is 5.75 Å². The third kappa shape index (κ3) is 4.00. The molecule has 0 spiro atoms. The number of imidazole rings is 1. The molecule has 0 saturated heterocycles. The van der Waals surface area contributed by atoms with Gasteiger partial charge in [-0.2, -0.15) is 0 Å². The number of halogens is 2. The molecule has 3 aromatic rings. The lowest BCUT2D eigenvalue weighted by atomic mass is 10.2. The minimum absolute atomic E-state index is 0.225. The van der Waals surface area contributed by atoms with Crippen molar-refractivity contribution in [3.05, 3.63) is 77.9 Å². The average molecular weight is 343 g/mol. The molecular weight excluding hydrogens is 328 g/mol. The summed E-state index contributed by atoms with van der Waals surface area (Å²) >= 11 is 0. The number of nitrogens with one attached hydrogen (secondary N) is 1. The number of carbonyl (C=O) groups is 1. The van der Waals surface area contributed by atoms with Crippen LogP contribution in [0.15, 0.2) is 54.9 Å². The lowest BCUT2D eigenvalue weighted by Gasteiger charge is -2.09. The Morgan fingerprint density at radius 1 is 1.20 bits per heavy atom. The van der Waals surface area contributed by atoms with E-state index in [4.69, 9.17) is 4.74 Å². The maximum Gasteiger partial charge on any atom is 0.258 e. The predicted octanol–water partition coefficient (Wildman–Crippen LogP) is 3.53. The third-order valence-corrected chi connectivity index (χ3v) is 3.58. The van der Waals surface area contributed by atoms with Gasteiger partial charge in [-0.1, -0.05) is 0 Å². The molecule has 0 radical (unpaired) electrons. The maximum atomic E-state index is 13.6. The van der Waals surface area contributed by atoms with Crippen LogP contribution in [0.1, 0.15) is 16.2 Å². The number of rotatable bonds is 5. The van der Waals surface area contributed by atoms with Crippen molar-refractivity contribution in [2.24, 2.45) is 7.05 Å². The van der Waals surface area contributed by atoms with Gasteiger partial charge in [0.1, 0.15) is 29.8 Å². The van der Waals surface area contributed by atoms with Gasteiger partial charge in [0, 0.05) is 31.2 Å². The number of nitrogens with zero attached hydrogens (tertiary/aromatic N) is 2. The molecule has 0 saturated carbocycles. The maximum absolute atomic E-state index is 13.6. The Bertz CT molecular complexity index is 892. The minimum Gasteiger partial charge on any atom is -0.486 e. The van der Waals surface area contributed by atoms with Gasteiger partial charge in [0.05, 0.1) is 5.56 Å². The Labute approximate surface area is 142 Å². The average Bonchev–Trinajstić information content (AvgIpc) is 2.99. The molecule has 2 aromatic carbocycles. The van der Waals surface area contributed by atoms with E-state index < -0.39 is 17.5 Å². The first kappa shape index (κ1) is 16.6. The SMILES string of the molecule is Cn1ccnc1COc1ccc(NC(=O)c2ccc(F)cc2F)cc1. The van der Waals surface area contributed by atoms with E-state index in [0.717, 1.165) is 18.0 Å². The summed E-state index contributed by atoms with van der Waals surface area (Å²) in [6, 6.07) is 9.43. The normalized spacial score (nSPS) is 10.5. The van der Waals surface area contributed by atoms with Gasteiger partial charge >= 0.3 is 0 Å². The second-order valence-corrected chi connectivity index (χ2v) is 5.35. The number of hydrogen-bond acceptors (Lipinski definition) is 3. The van der Waals surface area contributed by atoms with Crippen LogP contribution in [-0.2, 0) is 13.7 Å². The Balaban J connectivity index is 1.62. The highest BCUT2D eigenvalue weighted by Gasteiger charge is 2.12. The smallest absolute Gasteiger partial charge is 0.258 e. The van der Waals surface area contributed by atoms with Crippen LogP contribution in [0, 0.1) is 11.6 Å². The Hall–Kier alpha value is -3.22. The highest BCUT2D eigenvalue weighted by molar-refractivity contribution is 6.04. The Morgan fingerprint density at radius 3 is 2.60 bits per heavy atom. The molecule has 5 nitrogen and oxygen atoms in total. The predicted molar refractivity (Wildman–Crippen MR) is 88.3 cm³/mol. The van der Waals surface area contributed by atoms with Gasteiger partial charge in [0.25, 0.3) is 5.91 Å². The molecule has 0 atom stereocenters. The van der Waals surface area contributed by atoms with Gasteiger partial charge in [-0.15, -0.1) is 0 Å². The molecule has 25 heavy (non-hydrogen) atoms. The molecule has 0 fully saturated rings. The molecule has 1 aromatic heterocycles. The van der Waals surface area contributed by atoms with Crippen molar-refractivity contribution >= 4 is 11.6 Å². The van der Waals surface area contributed by atoms with Crippen molar-refractivity contribution in [3.63, 3.8) is 0 Å². The number of anilines is 1. The van der Waals surface area contributed by atoms with E-state index in [0.29, 0.717) is 24.1 Å². The quantitative estimate of drug-likeness (QED) is 0.771. The lowest BCUT2D eigenvalue weighted by Crippen LogP contribution is -2.13. The number of aromatic nitrogens is 2. The van der Waals surface area contributed by atoms with Gasteiger partial charge in [0.15, 0.2) is 0 Å². The number of ether oxygens (including phenoxy) is 1. The molecule has 0 aliphatic heterocycles. The van der Waals surface area contributed by atoms with E-state index in [1.165, 1.54) is 0 Å². The third-order valence-electron chi connectivity index (χ3n) is 3.58. The van der Waals surface area contributed by atoms with Gasteiger partial charge in [-0.3, -0.25) is 4.79 Å². The van der Waals surface area contributed by atoms with E-state index in [1.807, 2.05) is 17.8 Å². The Kier molecular flexibility index (Phi) is 4.74. The highest BCUT2D eigenvalue weighted by Crippen LogP contribution is 2.18. The highest BCUT2D eigenvalue weighted by atomic mass is 19.1. The summed E-state index contributed by atoms with van der Waals surface area (Å²) in [7, 11) is 1.87. The summed E-state index contributed by atoms with van der Waals surface area (Å²) in [4.78, 5) is 16.2. The van der Waals surface area contributed by atoms with Crippen molar-refractivity contribution in [2.75, 3.05) is 5.32 Å². The van der Waals surface area contributed by atoms with Crippen molar-refractivity contribution in [3.8, 4) is 5.75 Å². The first-order chi connectivity index (χ1) is 12.0. The fourth-order valence-corrected chi connectivity index (χ4v) is 2.19. The van der Waals surface area contributed by atoms with Crippen molar-refractivity contribution in [2.45, 2.75) is 6.61 Å². The molecule has 7 heteroatoms. The molecule has 1 heterocycles. The Morgan fingerprint density at radius 2 is 1.96 bits per heavy atom. The van der Waals surface area contributed by atoms with Crippen LogP contribution in [0.25, 0.3) is 0 Å². The number of aryl methyl sites for hydroxylation is 1. The summed E-state index contributed by atoms with van der Waals surface area (Å²) in [6.07, 6.45) is 3.51. The number of benzene rings is 2. The lowest BCUT2D eigenvalue weighted by molar-refractivity contribution is 0.102. The van der Waals surface area contributed by atoms with E-state index in [-0.39, 0.29) is 5.56 Å². The molecule has 0 unspecified atom stereocenters. The van der Waals surface area contributed by atoms with Crippen LogP contribution in [0.3, 0.4) is 0 Å². The summed E-state index contributed by atoms with van der Waals surface area (Å²) < 4.78 is 34.0. The molecular formula is C18H15F2N3O2. The topological polar surface area (TPSA) is 56.1 Å². The van der Waals surface area contributed by atoms with E-state index in [9.17, 15) is 13.6 Å². The van der Waals surface area contributed by atoms with Crippen LogP contribution in [0.2, 0.25) is 0 Å². The molecule has 0 aliphatic carbocycles. The van der Waals surface area contributed by atoms with Crippen LogP contribution < -0.4 is 10.1 Å². The summed E-state index contributed by atoms with van der Waals surface area (Å²) in [5, 5.41) is 2.55. The first-order valence-corrected chi connectivity index (χ1v) is 7.48. The molecule has 1 N–H and O–H groups in total. The van der Waals surface area contributed by atoms with Crippen molar-refractivity contribution in [1.29, 1.82) is 0 Å². The van der Waals surface area contributed by atoms with Crippen LogP contribution in [0.4, 0.5) is 14.5 Å². The molecule has 0 aliphatic rings. The molecule has 128 valence electrons. The van der Waals surface area contributed by atoms with E-state index >= 15 is 0 Å². The number of carbonyl (C=O) groups excluding carboxylic acids is 1. The summed E-state index contributed by atoms with van der Waals surface area (Å²) in [6.45, 7) is 0.315. The summed E-state index contributed by atoms with van der Waals surface area (Å²) in [5.74, 6) is -0.909. The van der Waals surface area contributed by atoms with Gasteiger partial charge < -0.3 is 14.6 Å². The van der Waals surface area contributed by atoms with Crippen LogP contribution in [-0.4, -0.2) is 15.5 Å². The van der Waals surface area contributed by atoms with E-state index in [1.54, 1.807) is 30.5 Å². The van der Waals surface area contributed by atoms with Gasteiger partial charge in [-0.05, 0) is 36.4 Å². The molecule has 3 rings (SSSR count).